The molecule has 0 aromatic carbocycles. The third-order valence-electron chi connectivity index (χ3n) is 3.96. The van der Waals surface area contributed by atoms with Gasteiger partial charge in [-0.05, 0) is 24.1 Å². The van der Waals surface area contributed by atoms with Gasteiger partial charge in [-0.25, -0.2) is 4.98 Å². The Morgan fingerprint density at radius 3 is 2.67 bits per heavy atom. The minimum Gasteiger partial charge on any atom is -0.392 e. The van der Waals surface area contributed by atoms with Crippen molar-refractivity contribution in [1.82, 2.24) is 4.98 Å². The average molecular weight is 294 g/mol. The zero-order chi connectivity index (χ0) is 15.3. The number of rotatable bonds is 6. The van der Waals surface area contributed by atoms with Gasteiger partial charge in [-0.3, -0.25) is 0 Å². The summed E-state index contributed by atoms with van der Waals surface area (Å²) >= 11 is 0. The highest BCUT2D eigenvalue weighted by Crippen LogP contribution is 2.24. The number of likely N-dealkylation sites (N-methyl/N-ethyl adjacent to an activating group) is 1. The highest BCUT2D eigenvalue weighted by atomic mass is 16.5. The summed E-state index contributed by atoms with van der Waals surface area (Å²) in [4.78, 5) is 6.62. The molecule has 2 rings (SSSR count). The highest BCUT2D eigenvalue weighted by Gasteiger charge is 2.31. The zero-order valence-corrected chi connectivity index (χ0v) is 13.0. The van der Waals surface area contributed by atoms with E-state index in [-0.39, 0.29) is 6.61 Å². The fraction of sp³-hybridized carbons (Fsp3) is 0.688. The van der Waals surface area contributed by atoms with Crippen LogP contribution in [-0.2, 0) is 17.8 Å². The van der Waals surface area contributed by atoms with E-state index in [1.807, 2.05) is 24.1 Å². The molecule has 118 valence electrons. The van der Waals surface area contributed by atoms with Gasteiger partial charge in [-0.15, -0.1) is 0 Å². The predicted molar refractivity (Wildman–Crippen MR) is 82.4 cm³/mol. The van der Waals surface area contributed by atoms with E-state index in [0.717, 1.165) is 29.9 Å². The van der Waals surface area contributed by atoms with Crippen LogP contribution in [0.4, 0.5) is 5.82 Å². The number of hydrogen-bond acceptors (Lipinski definition) is 5. The molecule has 0 spiro atoms. The van der Waals surface area contributed by atoms with Gasteiger partial charge in [0.05, 0.1) is 12.2 Å². The summed E-state index contributed by atoms with van der Waals surface area (Å²) in [5, 5.41) is 20.0. The first kappa shape index (κ1) is 16.2. The summed E-state index contributed by atoms with van der Waals surface area (Å²) in [5.41, 5.74) is 1.15. The van der Waals surface area contributed by atoms with Gasteiger partial charge in [-0.1, -0.05) is 13.3 Å². The first-order valence-corrected chi connectivity index (χ1v) is 7.68. The average Bonchev–Trinajstić information content (AvgIpc) is 2.47. The summed E-state index contributed by atoms with van der Waals surface area (Å²) in [6.45, 7) is 3.87. The molecule has 1 fully saturated rings. The van der Waals surface area contributed by atoms with Crippen LogP contribution in [0, 0.1) is 0 Å². The monoisotopic (exact) mass is 294 g/mol. The molecule has 0 atom stereocenters. The van der Waals surface area contributed by atoms with Crippen LogP contribution in [0.25, 0.3) is 0 Å². The Kier molecular flexibility index (Phi) is 5.56. The molecule has 2 N–H and O–H groups in total. The Bertz CT molecular complexity index is 459. The standard InChI is InChI=1S/C16H26N2O3/c1-3-4-14-9-13(11-19)10-15(17-14)18(2)12-16(20)5-7-21-8-6-16/h9-10,19-20H,3-8,11-12H2,1-2H3. The lowest BCUT2D eigenvalue weighted by Crippen LogP contribution is -2.46. The summed E-state index contributed by atoms with van der Waals surface area (Å²) in [7, 11) is 1.94. The maximum Gasteiger partial charge on any atom is 0.128 e. The van der Waals surface area contributed by atoms with Crippen molar-refractivity contribution in [3.8, 4) is 0 Å². The fourth-order valence-corrected chi connectivity index (χ4v) is 2.74. The van der Waals surface area contributed by atoms with E-state index in [1.54, 1.807) is 0 Å². The summed E-state index contributed by atoms with van der Waals surface area (Å²) in [5.74, 6) is 0.810. The molecule has 0 aliphatic carbocycles. The molecular formula is C16H26N2O3. The number of ether oxygens (including phenoxy) is 1. The van der Waals surface area contributed by atoms with Gasteiger partial charge in [0.15, 0.2) is 0 Å². The van der Waals surface area contributed by atoms with Gasteiger partial charge in [0, 0.05) is 45.3 Å². The smallest absolute Gasteiger partial charge is 0.128 e. The third-order valence-corrected chi connectivity index (χ3v) is 3.96. The lowest BCUT2D eigenvalue weighted by Gasteiger charge is -2.36. The van der Waals surface area contributed by atoms with Gasteiger partial charge in [-0.2, -0.15) is 0 Å². The summed E-state index contributed by atoms with van der Waals surface area (Å²) in [6.07, 6.45) is 3.22. The molecule has 0 radical (unpaired) electrons. The van der Waals surface area contributed by atoms with Crippen LogP contribution in [0.2, 0.25) is 0 Å². The van der Waals surface area contributed by atoms with Crippen LogP contribution < -0.4 is 4.90 Å². The van der Waals surface area contributed by atoms with Crippen LogP contribution in [0.3, 0.4) is 0 Å². The lowest BCUT2D eigenvalue weighted by molar-refractivity contribution is -0.0573. The molecule has 1 aromatic rings. The fourth-order valence-electron chi connectivity index (χ4n) is 2.74. The SMILES string of the molecule is CCCc1cc(CO)cc(N(C)CC2(O)CCOCC2)n1. The van der Waals surface area contributed by atoms with Crippen LogP contribution in [0.1, 0.15) is 37.4 Å². The Balaban J connectivity index is 2.13. The number of anilines is 1. The van der Waals surface area contributed by atoms with Crippen molar-refractivity contribution in [2.45, 2.75) is 44.8 Å². The van der Waals surface area contributed by atoms with E-state index in [2.05, 4.69) is 11.9 Å². The van der Waals surface area contributed by atoms with Crippen molar-refractivity contribution in [3.05, 3.63) is 23.4 Å². The van der Waals surface area contributed by atoms with E-state index in [0.29, 0.717) is 32.6 Å². The highest BCUT2D eigenvalue weighted by molar-refractivity contribution is 5.42. The quantitative estimate of drug-likeness (QED) is 0.832. The van der Waals surface area contributed by atoms with E-state index in [1.165, 1.54) is 0 Å². The molecular weight excluding hydrogens is 268 g/mol. The van der Waals surface area contributed by atoms with Crippen molar-refractivity contribution >= 4 is 5.82 Å². The minimum absolute atomic E-state index is 0.0121. The van der Waals surface area contributed by atoms with Gasteiger partial charge in [0.25, 0.3) is 0 Å². The lowest BCUT2D eigenvalue weighted by atomic mass is 9.94. The Morgan fingerprint density at radius 2 is 2.05 bits per heavy atom. The predicted octanol–water partition coefficient (Wildman–Crippen LogP) is 1.50. The van der Waals surface area contributed by atoms with Crippen LogP contribution in [0.5, 0.6) is 0 Å². The number of aromatic nitrogens is 1. The topological polar surface area (TPSA) is 65.8 Å². The van der Waals surface area contributed by atoms with Gasteiger partial charge >= 0.3 is 0 Å². The number of aliphatic hydroxyl groups excluding tert-OH is 1. The molecule has 5 nitrogen and oxygen atoms in total. The molecule has 0 bridgehead atoms. The van der Waals surface area contributed by atoms with Gasteiger partial charge in [0.1, 0.15) is 5.82 Å². The number of aliphatic hydroxyl groups is 2. The second-order valence-corrected chi connectivity index (χ2v) is 5.93. The van der Waals surface area contributed by atoms with Crippen molar-refractivity contribution in [2.24, 2.45) is 0 Å². The van der Waals surface area contributed by atoms with Crippen molar-refractivity contribution < 1.29 is 14.9 Å². The first-order chi connectivity index (χ1) is 10.1. The van der Waals surface area contributed by atoms with Crippen molar-refractivity contribution in [1.29, 1.82) is 0 Å². The maximum atomic E-state index is 10.6. The Labute approximate surface area is 126 Å². The van der Waals surface area contributed by atoms with Gasteiger partial charge in [0.2, 0.25) is 0 Å². The summed E-state index contributed by atoms with van der Waals surface area (Å²) in [6, 6.07) is 3.84. The molecule has 1 aliphatic rings. The van der Waals surface area contributed by atoms with E-state index < -0.39 is 5.60 Å². The van der Waals surface area contributed by atoms with E-state index >= 15 is 0 Å². The number of hydrogen-bond donors (Lipinski definition) is 2. The maximum absolute atomic E-state index is 10.6. The van der Waals surface area contributed by atoms with Crippen LogP contribution >= 0.6 is 0 Å². The Morgan fingerprint density at radius 1 is 1.33 bits per heavy atom. The van der Waals surface area contributed by atoms with Crippen LogP contribution in [-0.4, -0.2) is 47.6 Å². The zero-order valence-electron chi connectivity index (χ0n) is 13.0. The molecule has 0 unspecified atom stereocenters. The van der Waals surface area contributed by atoms with Gasteiger partial charge < -0.3 is 19.8 Å². The summed E-state index contributed by atoms with van der Waals surface area (Å²) < 4.78 is 5.31. The minimum atomic E-state index is -0.713. The molecule has 0 saturated carbocycles. The first-order valence-electron chi connectivity index (χ1n) is 7.68. The van der Waals surface area contributed by atoms with E-state index in [9.17, 15) is 10.2 Å². The van der Waals surface area contributed by atoms with Crippen LogP contribution in [0.15, 0.2) is 12.1 Å². The van der Waals surface area contributed by atoms with E-state index in [4.69, 9.17) is 4.74 Å². The largest absolute Gasteiger partial charge is 0.392 e. The Hall–Kier alpha value is -1.17. The molecule has 0 amide bonds. The van der Waals surface area contributed by atoms with Crippen molar-refractivity contribution in [2.75, 3.05) is 31.7 Å². The molecule has 21 heavy (non-hydrogen) atoms. The number of nitrogens with zero attached hydrogens (tertiary/aromatic N) is 2. The number of pyridine rings is 1. The second-order valence-electron chi connectivity index (χ2n) is 5.93. The molecule has 5 heteroatoms. The van der Waals surface area contributed by atoms with Crippen molar-refractivity contribution in [3.63, 3.8) is 0 Å². The normalized spacial score (nSPS) is 17.7. The third kappa shape index (κ3) is 4.40. The molecule has 1 aliphatic heterocycles. The molecule has 1 aromatic heterocycles. The second kappa shape index (κ2) is 7.20. The number of aryl methyl sites for hydroxylation is 1. The molecule has 2 heterocycles. The molecule has 1 saturated heterocycles.